The van der Waals surface area contributed by atoms with Crippen LogP contribution >= 0.6 is 0 Å². The van der Waals surface area contributed by atoms with Gasteiger partial charge < -0.3 is 15.4 Å². The van der Waals surface area contributed by atoms with Crippen molar-refractivity contribution in [2.24, 2.45) is 0 Å². The number of aromatic nitrogens is 5. The largest absolute Gasteiger partial charge is 0.435 e. The van der Waals surface area contributed by atoms with Crippen LogP contribution in [0, 0.1) is 12.7 Å². The van der Waals surface area contributed by atoms with Gasteiger partial charge in [0.25, 0.3) is 0 Å². The second-order valence-corrected chi connectivity index (χ2v) is 7.17. The number of carbonyl (C=O) groups is 1. The SMILES string of the molecule is Cc1cc(C(F)(F)F)nn1CC(=O)Nc1cnc(-n2cnc([C@H]3CNCCO3)c2)c(F)c1. The first kappa shape index (κ1) is 21.9. The third-order valence-corrected chi connectivity index (χ3v) is 4.78. The number of amides is 1. The molecule has 1 atom stereocenters. The van der Waals surface area contributed by atoms with E-state index in [-0.39, 0.29) is 23.3 Å². The number of anilines is 1. The zero-order chi connectivity index (χ0) is 22.9. The normalized spacial score (nSPS) is 16.8. The van der Waals surface area contributed by atoms with E-state index in [1.165, 1.54) is 24.0 Å². The van der Waals surface area contributed by atoms with Gasteiger partial charge >= 0.3 is 6.18 Å². The number of imidazole rings is 1. The number of hydrogen-bond donors (Lipinski definition) is 2. The quantitative estimate of drug-likeness (QED) is 0.575. The van der Waals surface area contributed by atoms with Crippen molar-refractivity contribution in [3.8, 4) is 5.82 Å². The molecule has 0 aliphatic carbocycles. The van der Waals surface area contributed by atoms with Crippen LogP contribution in [0.1, 0.15) is 23.2 Å². The number of hydrogen-bond acceptors (Lipinski definition) is 6. The lowest BCUT2D eigenvalue weighted by molar-refractivity contribution is -0.141. The molecule has 3 aromatic rings. The molecule has 0 aromatic carbocycles. The van der Waals surface area contributed by atoms with E-state index in [9.17, 15) is 22.4 Å². The topological polar surface area (TPSA) is 98.9 Å². The molecule has 0 unspecified atom stereocenters. The fourth-order valence-corrected chi connectivity index (χ4v) is 3.21. The van der Waals surface area contributed by atoms with Crippen molar-refractivity contribution < 1.29 is 27.1 Å². The van der Waals surface area contributed by atoms with E-state index in [0.29, 0.717) is 18.8 Å². The van der Waals surface area contributed by atoms with Gasteiger partial charge in [0.2, 0.25) is 5.91 Å². The van der Waals surface area contributed by atoms with Gasteiger partial charge in [-0.1, -0.05) is 0 Å². The van der Waals surface area contributed by atoms with Crippen LogP contribution < -0.4 is 10.6 Å². The zero-order valence-corrected chi connectivity index (χ0v) is 16.9. The highest BCUT2D eigenvalue weighted by Crippen LogP contribution is 2.28. The molecule has 2 N–H and O–H groups in total. The summed E-state index contributed by atoms with van der Waals surface area (Å²) in [6, 6.07) is 1.91. The van der Waals surface area contributed by atoms with Crippen molar-refractivity contribution in [1.29, 1.82) is 0 Å². The van der Waals surface area contributed by atoms with Crippen molar-refractivity contribution in [3.63, 3.8) is 0 Å². The number of nitrogens with one attached hydrogen (secondary N) is 2. The van der Waals surface area contributed by atoms with Crippen molar-refractivity contribution in [3.05, 3.63) is 53.8 Å². The van der Waals surface area contributed by atoms with Crippen molar-refractivity contribution in [1.82, 2.24) is 29.6 Å². The number of carbonyl (C=O) groups excluding carboxylic acids is 1. The van der Waals surface area contributed by atoms with E-state index in [1.807, 2.05) is 0 Å². The summed E-state index contributed by atoms with van der Waals surface area (Å²) in [5.41, 5.74) is -0.241. The molecule has 1 saturated heterocycles. The van der Waals surface area contributed by atoms with Gasteiger partial charge in [0.1, 0.15) is 19.0 Å². The van der Waals surface area contributed by atoms with Crippen molar-refractivity contribution >= 4 is 11.6 Å². The van der Waals surface area contributed by atoms with Gasteiger partial charge in [-0.05, 0) is 13.0 Å². The van der Waals surface area contributed by atoms with Gasteiger partial charge in [0, 0.05) is 31.0 Å². The first-order valence-corrected chi connectivity index (χ1v) is 9.64. The molecule has 9 nitrogen and oxygen atoms in total. The molecule has 0 saturated carbocycles. The lowest BCUT2D eigenvalue weighted by Crippen LogP contribution is -2.33. The Morgan fingerprint density at radius 3 is 2.81 bits per heavy atom. The Hall–Kier alpha value is -3.32. The molecule has 0 radical (unpaired) electrons. The third-order valence-electron chi connectivity index (χ3n) is 4.78. The second-order valence-electron chi connectivity index (χ2n) is 7.17. The standard InChI is InChI=1S/C19H19F4N7O2/c1-11-4-16(19(21,22)23)28-30(11)9-17(31)27-12-5-13(20)18(25-6-12)29-8-14(26-10-29)15-7-24-2-3-32-15/h4-6,8,10,15,24H,2-3,7,9H2,1H3,(H,27,31)/t15-/m1/s1. The van der Waals surface area contributed by atoms with E-state index in [0.717, 1.165) is 23.4 Å². The highest BCUT2D eigenvalue weighted by Gasteiger charge is 2.34. The Labute approximate surface area is 179 Å². The third kappa shape index (κ3) is 4.78. The molecule has 1 fully saturated rings. The lowest BCUT2D eigenvalue weighted by atomic mass is 10.2. The van der Waals surface area contributed by atoms with Gasteiger partial charge in [0.05, 0.1) is 24.2 Å². The molecule has 1 aliphatic heterocycles. The molecule has 170 valence electrons. The monoisotopic (exact) mass is 453 g/mol. The summed E-state index contributed by atoms with van der Waals surface area (Å²) in [6.07, 6.45) is -0.584. The van der Waals surface area contributed by atoms with E-state index in [1.54, 1.807) is 6.20 Å². The molecule has 13 heteroatoms. The van der Waals surface area contributed by atoms with Crippen LogP contribution in [0.3, 0.4) is 0 Å². The fraction of sp³-hybridized carbons (Fsp3) is 0.368. The van der Waals surface area contributed by atoms with Crippen molar-refractivity contribution in [2.75, 3.05) is 25.0 Å². The highest BCUT2D eigenvalue weighted by atomic mass is 19.4. The molecule has 4 heterocycles. The van der Waals surface area contributed by atoms with Gasteiger partial charge in [-0.25, -0.2) is 14.4 Å². The minimum Gasteiger partial charge on any atom is -0.369 e. The Morgan fingerprint density at radius 2 is 2.16 bits per heavy atom. The molecule has 3 aromatic heterocycles. The van der Waals surface area contributed by atoms with Gasteiger partial charge in [-0.2, -0.15) is 18.3 Å². The number of aryl methyl sites for hydroxylation is 1. The summed E-state index contributed by atoms with van der Waals surface area (Å²) in [5.74, 6) is -1.42. The zero-order valence-electron chi connectivity index (χ0n) is 16.9. The molecular formula is C19H19F4N7O2. The van der Waals surface area contributed by atoms with Crippen LogP contribution in [0.15, 0.2) is 30.9 Å². The van der Waals surface area contributed by atoms with E-state index >= 15 is 0 Å². The fourth-order valence-electron chi connectivity index (χ4n) is 3.21. The number of pyridine rings is 1. The van der Waals surface area contributed by atoms with Crippen LogP contribution in [-0.4, -0.2) is 49.9 Å². The Balaban J connectivity index is 1.43. The number of nitrogens with zero attached hydrogens (tertiary/aromatic N) is 5. The number of rotatable bonds is 5. The summed E-state index contributed by atoms with van der Waals surface area (Å²) < 4.78 is 60.8. The van der Waals surface area contributed by atoms with E-state index in [2.05, 4.69) is 25.7 Å². The Bertz CT molecular complexity index is 1120. The summed E-state index contributed by atoms with van der Waals surface area (Å²) in [7, 11) is 0. The molecule has 32 heavy (non-hydrogen) atoms. The average Bonchev–Trinajstić information content (AvgIpc) is 3.36. The first-order chi connectivity index (χ1) is 15.2. The molecule has 4 rings (SSSR count). The van der Waals surface area contributed by atoms with Gasteiger partial charge in [-0.3, -0.25) is 14.0 Å². The summed E-state index contributed by atoms with van der Waals surface area (Å²) >= 11 is 0. The molecular weight excluding hydrogens is 434 g/mol. The van der Waals surface area contributed by atoms with Crippen LogP contribution in [0.5, 0.6) is 0 Å². The minimum atomic E-state index is -4.61. The van der Waals surface area contributed by atoms with Crippen molar-refractivity contribution in [2.45, 2.75) is 25.7 Å². The smallest absolute Gasteiger partial charge is 0.369 e. The van der Waals surface area contributed by atoms with Crippen LogP contribution in [0.4, 0.5) is 23.2 Å². The molecule has 0 bridgehead atoms. The lowest BCUT2D eigenvalue weighted by Gasteiger charge is -2.21. The molecule has 1 amide bonds. The number of alkyl halides is 3. The Kier molecular flexibility index (Phi) is 5.93. The van der Waals surface area contributed by atoms with E-state index < -0.39 is 30.1 Å². The summed E-state index contributed by atoms with van der Waals surface area (Å²) in [4.78, 5) is 20.5. The predicted octanol–water partition coefficient (Wildman–Crippen LogP) is 2.23. The number of ether oxygens (including phenoxy) is 1. The molecule has 1 aliphatic rings. The Morgan fingerprint density at radius 1 is 1.34 bits per heavy atom. The maximum atomic E-state index is 14.6. The summed E-state index contributed by atoms with van der Waals surface area (Å²) in [6.45, 7) is 2.83. The summed E-state index contributed by atoms with van der Waals surface area (Å²) in [5, 5.41) is 8.98. The maximum Gasteiger partial charge on any atom is 0.435 e. The maximum absolute atomic E-state index is 14.6. The highest BCUT2D eigenvalue weighted by molar-refractivity contribution is 5.90. The predicted molar refractivity (Wildman–Crippen MR) is 103 cm³/mol. The van der Waals surface area contributed by atoms with Crippen LogP contribution in [0.2, 0.25) is 0 Å². The first-order valence-electron chi connectivity index (χ1n) is 9.64. The second kappa shape index (κ2) is 8.67. The minimum absolute atomic E-state index is 0.0248. The van der Waals surface area contributed by atoms with Gasteiger partial charge in [0.15, 0.2) is 17.3 Å². The number of halogens is 4. The number of morpholine rings is 1. The van der Waals surface area contributed by atoms with Gasteiger partial charge in [-0.15, -0.1) is 0 Å². The molecule has 0 spiro atoms. The van der Waals surface area contributed by atoms with Crippen LogP contribution in [0.25, 0.3) is 5.82 Å². The van der Waals surface area contributed by atoms with E-state index in [4.69, 9.17) is 4.74 Å². The van der Waals surface area contributed by atoms with Crippen LogP contribution in [-0.2, 0) is 22.3 Å². The average molecular weight is 453 g/mol.